The van der Waals surface area contributed by atoms with E-state index in [1.54, 1.807) is 0 Å². The maximum absolute atomic E-state index is 13.0. The number of aromatic hydroxyl groups is 1. The molecule has 3 N–H and O–H groups in total. The summed E-state index contributed by atoms with van der Waals surface area (Å²) in [4.78, 5) is 28.8. The van der Waals surface area contributed by atoms with Crippen LogP contribution in [-0.2, 0) is 17.8 Å². The molecule has 0 aliphatic rings. The van der Waals surface area contributed by atoms with Crippen molar-refractivity contribution in [1.29, 1.82) is 0 Å². The molecule has 7 nitrogen and oxygen atoms in total. The highest BCUT2D eigenvalue weighted by atomic mass is 19.1. The highest BCUT2D eigenvalue weighted by Crippen LogP contribution is 2.31. The fraction of sp³-hybridized carbons (Fsp3) is 0.136. The van der Waals surface area contributed by atoms with Gasteiger partial charge in [-0.3, -0.25) is 9.59 Å². The number of nitrogens with one attached hydrogen (secondary N) is 2. The molecule has 1 heterocycles. The third-order valence-corrected chi connectivity index (χ3v) is 4.30. The van der Waals surface area contributed by atoms with Gasteiger partial charge in [0.25, 0.3) is 5.91 Å². The van der Waals surface area contributed by atoms with Crippen LogP contribution in [0.25, 0.3) is 0 Å². The monoisotopic (exact) mass is 427 g/mol. The molecule has 0 saturated carbocycles. The SMILES string of the molecule is COc1cc(NC(=O)Cc2ccc(F)cc2)nc(C(=O)NCc2ccc(F)cc2)c1O. The number of hydrogen-bond acceptors (Lipinski definition) is 5. The Balaban J connectivity index is 1.73. The second kappa shape index (κ2) is 9.66. The summed E-state index contributed by atoms with van der Waals surface area (Å²) in [6.45, 7) is 0.0731. The van der Waals surface area contributed by atoms with Gasteiger partial charge in [0.05, 0.1) is 13.5 Å². The summed E-state index contributed by atoms with van der Waals surface area (Å²) in [5.74, 6) is -2.53. The topological polar surface area (TPSA) is 101 Å². The number of aromatic nitrogens is 1. The van der Waals surface area contributed by atoms with Crippen LogP contribution in [0.4, 0.5) is 14.6 Å². The van der Waals surface area contributed by atoms with Gasteiger partial charge in [-0.1, -0.05) is 24.3 Å². The minimum Gasteiger partial charge on any atom is -0.503 e. The number of carbonyl (C=O) groups is 2. The minimum absolute atomic E-state index is 0.00584. The van der Waals surface area contributed by atoms with Crippen LogP contribution in [0.1, 0.15) is 21.6 Å². The summed E-state index contributed by atoms with van der Waals surface area (Å²) in [5.41, 5.74) is 0.880. The lowest BCUT2D eigenvalue weighted by Crippen LogP contribution is -2.25. The van der Waals surface area contributed by atoms with Gasteiger partial charge in [-0.2, -0.15) is 0 Å². The number of anilines is 1. The first-order chi connectivity index (χ1) is 14.9. The van der Waals surface area contributed by atoms with E-state index < -0.39 is 29.2 Å². The molecular weight excluding hydrogens is 408 g/mol. The van der Waals surface area contributed by atoms with Gasteiger partial charge in [0.15, 0.2) is 17.2 Å². The molecule has 0 unspecified atom stereocenters. The summed E-state index contributed by atoms with van der Waals surface area (Å²) in [6, 6.07) is 12.3. The van der Waals surface area contributed by atoms with E-state index in [1.807, 2.05) is 0 Å². The van der Waals surface area contributed by atoms with E-state index in [4.69, 9.17) is 4.74 Å². The molecule has 0 saturated heterocycles. The fourth-order valence-electron chi connectivity index (χ4n) is 2.74. The number of carbonyl (C=O) groups excluding carboxylic acids is 2. The first-order valence-electron chi connectivity index (χ1n) is 9.20. The molecule has 0 bridgehead atoms. The molecule has 0 aliphatic carbocycles. The Morgan fingerprint density at radius 2 is 1.58 bits per heavy atom. The number of pyridine rings is 1. The van der Waals surface area contributed by atoms with Gasteiger partial charge in [-0.05, 0) is 35.4 Å². The van der Waals surface area contributed by atoms with Crippen molar-refractivity contribution >= 4 is 17.6 Å². The lowest BCUT2D eigenvalue weighted by molar-refractivity contribution is -0.115. The average molecular weight is 427 g/mol. The van der Waals surface area contributed by atoms with Gasteiger partial charge in [0, 0.05) is 12.6 Å². The first-order valence-corrected chi connectivity index (χ1v) is 9.20. The van der Waals surface area contributed by atoms with E-state index in [-0.39, 0.29) is 30.2 Å². The zero-order valence-electron chi connectivity index (χ0n) is 16.5. The van der Waals surface area contributed by atoms with Crippen molar-refractivity contribution < 1.29 is 28.2 Å². The summed E-state index contributed by atoms with van der Waals surface area (Å²) in [5, 5.41) is 15.4. The molecular formula is C22H19F2N3O4. The fourth-order valence-corrected chi connectivity index (χ4v) is 2.74. The molecule has 0 spiro atoms. The first kappa shape index (κ1) is 21.7. The second-order valence-corrected chi connectivity index (χ2v) is 6.57. The van der Waals surface area contributed by atoms with E-state index in [0.717, 1.165) is 0 Å². The number of rotatable bonds is 7. The summed E-state index contributed by atoms with van der Waals surface area (Å²) in [7, 11) is 1.29. The van der Waals surface area contributed by atoms with Gasteiger partial charge in [-0.25, -0.2) is 13.8 Å². The van der Waals surface area contributed by atoms with Crippen molar-refractivity contribution in [3.8, 4) is 11.5 Å². The van der Waals surface area contributed by atoms with Crippen molar-refractivity contribution in [1.82, 2.24) is 10.3 Å². The summed E-state index contributed by atoms with van der Waals surface area (Å²) >= 11 is 0. The third kappa shape index (κ3) is 5.75. The van der Waals surface area contributed by atoms with Crippen LogP contribution in [0.3, 0.4) is 0 Å². The van der Waals surface area contributed by atoms with Crippen molar-refractivity contribution in [2.45, 2.75) is 13.0 Å². The van der Waals surface area contributed by atoms with Crippen LogP contribution in [0.2, 0.25) is 0 Å². The van der Waals surface area contributed by atoms with Crippen molar-refractivity contribution in [3.63, 3.8) is 0 Å². The molecule has 0 atom stereocenters. The zero-order valence-corrected chi connectivity index (χ0v) is 16.5. The molecule has 31 heavy (non-hydrogen) atoms. The van der Waals surface area contributed by atoms with Gasteiger partial charge in [0.1, 0.15) is 17.5 Å². The summed E-state index contributed by atoms with van der Waals surface area (Å²) in [6.07, 6.45) is -0.0444. The molecule has 9 heteroatoms. The predicted octanol–water partition coefficient (Wildman–Crippen LogP) is 3.19. The molecule has 3 rings (SSSR count). The van der Waals surface area contributed by atoms with E-state index in [9.17, 15) is 23.5 Å². The van der Waals surface area contributed by atoms with E-state index in [0.29, 0.717) is 11.1 Å². The van der Waals surface area contributed by atoms with Crippen molar-refractivity contribution in [3.05, 3.63) is 83.1 Å². The minimum atomic E-state index is -0.713. The van der Waals surface area contributed by atoms with Crippen LogP contribution in [0.5, 0.6) is 11.5 Å². The summed E-state index contributed by atoms with van der Waals surface area (Å²) < 4.78 is 31.1. The van der Waals surface area contributed by atoms with Gasteiger partial charge < -0.3 is 20.5 Å². The van der Waals surface area contributed by atoms with Crippen molar-refractivity contribution in [2.24, 2.45) is 0 Å². The van der Waals surface area contributed by atoms with Crippen molar-refractivity contribution in [2.75, 3.05) is 12.4 Å². The smallest absolute Gasteiger partial charge is 0.274 e. The Morgan fingerprint density at radius 3 is 2.16 bits per heavy atom. The standard InChI is InChI=1S/C22H19F2N3O4/c1-31-17-11-18(26-19(28)10-13-2-6-15(23)7-3-13)27-20(21(17)29)22(30)25-12-14-4-8-16(24)9-5-14/h2-9,11,29H,10,12H2,1H3,(H,25,30)(H,26,27,28). The Hall–Kier alpha value is -4.01. The third-order valence-electron chi connectivity index (χ3n) is 4.30. The number of nitrogens with zero attached hydrogens (tertiary/aromatic N) is 1. The maximum atomic E-state index is 13.0. The molecule has 0 aliphatic heterocycles. The lowest BCUT2D eigenvalue weighted by atomic mass is 10.1. The van der Waals surface area contributed by atoms with E-state index in [1.165, 1.54) is 61.7 Å². The largest absolute Gasteiger partial charge is 0.503 e. The molecule has 0 radical (unpaired) electrons. The van der Waals surface area contributed by atoms with Crippen LogP contribution in [-0.4, -0.2) is 29.0 Å². The quantitative estimate of drug-likeness (QED) is 0.538. The number of benzene rings is 2. The van der Waals surface area contributed by atoms with Crippen LogP contribution in [0.15, 0.2) is 54.6 Å². The van der Waals surface area contributed by atoms with E-state index >= 15 is 0 Å². The second-order valence-electron chi connectivity index (χ2n) is 6.57. The number of methoxy groups -OCH3 is 1. The molecule has 3 aromatic rings. The highest BCUT2D eigenvalue weighted by Gasteiger charge is 2.20. The molecule has 0 fully saturated rings. The molecule has 160 valence electrons. The Bertz CT molecular complexity index is 1090. The van der Waals surface area contributed by atoms with Gasteiger partial charge in [-0.15, -0.1) is 0 Å². The molecule has 2 amide bonds. The number of hydrogen-bond donors (Lipinski definition) is 3. The van der Waals surface area contributed by atoms with Gasteiger partial charge >= 0.3 is 0 Å². The Morgan fingerprint density at radius 1 is 1.00 bits per heavy atom. The number of ether oxygens (including phenoxy) is 1. The average Bonchev–Trinajstić information content (AvgIpc) is 2.75. The van der Waals surface area contributed by atoms with Crippen LogP contribution < -0.4 is 15.4 Å². The highest BCUT2D eigenvalue weighted by molar-refractivity contribution is 5.97. The molecule has 2 aromatic carbocycles. The Labute approximate surface area is 176 Å². The number of halogens is 2. The molecule has 1 aromatic heterocycles. The van der Waals surface area contributed by atoms with E-state index in [2.05, 4.69) is 15.6 Å². The predicted molar refractivity (Wildman–Crippen MR) is 109 cm³/mol. The maximum Gasteiger partial charge on any atom is 0.274 e. The van der Waals surface area contributed by atoms with Crippen LogP contribution >= 0.6 is 0 Å². The zero-order chi connectivity index (χ0) is 22.4. The normalized spacial score (nSPS) is 10.4. The number of amides is 2. The lowest BCUT2D eigenvalue weighted by Gasteiger charge is -2.12. The van der Waals surface area contributed by atoms with Crippen LogP contribution in [0, 0.1) is 11.6 Å². The van der Waals surface area contributed by atoms with Gasteiger partial charge in [0.2, 0.25) is 5.91 Å². The Kier molecular flexibility index (Phi) is 6.76.